The largest absolute Gasteiger partial charge is 1.00 e. The van der Waals surface area contributed by atoms with E-state index in [9.17, 15) is 0 Å². The number of hydrogen-bond donors (Lipinski definition) is 1. The maximum Gasteiger partial charge on any atom is 0.447 e. The maximum atomic E-state index is 3.91. The molecule has 0 aliphatic heterocycles. The summed E-state index contributed by atoms with van der Waals surface area (Å²) in [5.74, 6) is 0. The van der Waals surface area contributed by atoms with Crippen LogP contribution in [0.25, 0.3) is 0 Å². The van der Waals surface area contributed by atoms with Crippen molar-refractivity contribution < 1.29 is 24.0 Å². The van der Waals surface area contributed by atoms with Crippen LogP contribution in [0, 0.1) is 0 Å². The first-order valence-electron chi connectivity index (χ1n) is 2.34. The van der Waals surface area contributed by atoms with E-state index < -0.39 is 0 Å². The lowest BCUT2D eigenvalue weighted by Crippen LogP contribution is -3.00. The molecule has 0 spiro atoms. The standard InChI is InChI=1S/C5H8N2S.HI/c1-3-6-5(8)7-4-2;/h3-4H,1-2H3;1H/b6-3+;. The lowest BCUT2D eigenvalue weighted by Gasteiger charge is -1.60. The first-order valence-corrected chi connectivity index (χ1v) is 2.79. The zero-order chi connectivity index (χ0) is 6.41. The monoisotopic (exact) mass is 256 g/mol. The van der Waals surface area contributed by atoms with Gasteiger partial charge in [-0.1, -0.05) is 0 Å². The predicted molar refractivity (Wildman–Crippen MR) is 42.0 cm³/mol. The van der Waals surface area contributed by atoms with E-state index in [2.05, 4.69) is 22.3 Å². The summed E-state index contributed by atoms with van der Waals surface area (Å²) in [6, 6.07) is 0. The summed E-state index contributed by atoms with van der Waals surface area (Å²) in [4.78, 5) is 3.77. The van der Waals surface area contributed by atoms with Crippen LogP contribution in [0.4, 0.5) is 0 Å². The van der Waals surface area contributed by atoms with Gasteiger partial charge < -0.3 is 24.0 Å². The molecule has 4 heteroatoms. The quantitative estimate of drug-likeness (QED) is 0.163. The Hall–Kier alpha value is 0.200. The smallest absolute Gasteiger partial charge is 0.447 e. The molecule has 0 radical (unpaired) electrons. The predicted octanol–water partition coefficient (Wildman–Crippen LogP) is -2.48. The average Bonchev–Trinajstić information content (AvgIpc) is 1.68. The topological polar surface area (TPSA) is 26.5 Å². The normalized spacial score (nSPS) is 7.89. The van der Waals surface area contributed by atoms with Gasteiger partial charge in [0.05, 0.1) is 0 Å². The van der Waals surface area contributed by atoms with Crippen LogP contribution in [0.5, 0.6) is 0 Å². The molecule has 0 heterocycles. The van der Waals surface area contributed by atoms with Crippen LogP contribution in [0.15, 0.2) is 4.99 Å². The Labute approximate surface area is 77.6 Å². The number of aliphatic imine (C=N–C) groups is 1. The van der Waals surface area contributed by atoms with Crippen molar-refractivity contribution in [2.24, 2.45) is 4.99 Å². The minimum absolute atomic E-state index is 0. The Balaban J connectivity index is 0. The van der Waals surface area contributed by atoms with Crippen LogP contribution in [0.3, 0.4) is 0 Å². The van der Waals surface area contributed by atoms with Crippen molar-refractivity contribution in [2.75, 3.05) is 0 Å². The fraction of sp³-hybridized carbons (Fsp3) is 0.400. The van der Waals surface area contributed by atoms with Gasteiger partial charge in [-0.3, -0.25) is 0 Å². The molecule has 0 saturated carbocycles. The van der Waals surface area contributed by atoms with Gasteiger partial charge in [-0.15, -0.1) is 0 Å². The zero-order valence-corrected chi connectivity index (χ0v) is 8.43. The highest BCUT2D eigenvalue weighted by molar-refractivity contribution is 7.96. The van der Waals surface area contributed by atoms with Gasteiger partial charge in [0.2, 0.25) is 0 Å². The van der Waals surface area contributed by atoms with Crippen molar-refractivity contribution >= 4 is 30.2 Å². The highest BCUT2D eigenvalue weighted by atomic mass is 127. The van der Waals surface area contributed by atoms with E-state index in [1.165, 1.54) is 0 Å². The van der Waals surface area contributed by atoms with Gasteiger partial charge >= 0.3 is 5.17 Å². The van der Waals surface area contributed by atoms with E-state index in [1.807, 2.05) is 13.8 Å². The molecule has 52 valence electrons. The summed E-state index contributed by atoms with van der Waals surface area (Å²) in [6.07, 6.45) is 3.30. The lowest BCUT2D eigenvalue weighted by atomic mass is 10.9. The van der Waals surface area contributed by atoms with E-state index in [0.29, 0.717) is 5.17 Å². The molecule has 0 N–H and O–H groups in total. The van der Waals surface area contributed by atoms with Gasteiger partial charge in [-0.25, -0.2) is 4.67 Å². The third-order valence-electron chi connectivity index (χ3n) is 0.489. The summed E-state index contributed by atoms with van der Waals surface area (Å²) in [7, 11) is 0. The minimum Gasteiger partial charge on any atom is -1.00 e. The summed E-state index contributed by atoms with van der Waals surface area (Å²) in [6.45, 7) is 3.64. The molecule has 0 bridgehead atoms. The van der Waals surface area contributed by atoms with Gasteiger partial charge in [-0.2, -0.15) is 0 Å². The fourth-order valence-electron chi connectivity index (χ4n) is 0.264. The molecule has 0 aliphatic rings. The van der Waals surface area contributed by atoms with E-state index in [1.54, 1.807) is 12.4 Å². The molecular formula is C5H9IN2S. The number of halogens is 1. The Morgan fingerprint density at radius 1 is 1.56 bits per heavy atom. The molecule has 0 unspecified atom stereocenters. The van der Waals surface area contributed by atoms with Gasteiger partial charge in [0.15, 0.2) is 6.21 Å². The number of rotatable bonds is 0. The summed E-state index contributed by atoms with van der Waals surface area (Å²) < 4.78 is 3.77. The molecule has 0 aromatic carbocycles. The van der Waals surface area contributed by atoms with Gasteiger partial charge in [0.25, 0.3) is 0 Å². The number of thiol groups is 1. The summed E-state index contributed by atoms with van der Waals surface area (Å²) in [5.41, 5.74) is 0. The Morgan fingerprint density at radius 2 is 2.11 bits per heavy atom. The highest BCUT2D eigenvalue weighted by Gasteiger charge is 1.91. The van der Waals surface area contributed by atoms with Crippen molar-refractivity contribution in [3.8, 4) is 0 Å². The molecule has 0 aromatic heterocycles. The van der Waals surface area contributed by atoms with Gasteiger partial charge in [0, 0.05) is 6.92 Å². The Kier molecular flexibility index (Phi) is 10.9. The van der Waals surface area contributed by atoms with Crippen LogP contribution in [0.1, 0.15) is 13.8 Å². The molecule has 0 saturated heterocycles. The van der Waals surface area contributed by atoms with E-state index in [4.69, 9.17) is 0 Å². The second-order valence-electron chi connectivity index (χ2n) is 1.07. The third kappa shape index (κ3) is 8.20. The average molecular weight is 256 g/mol. The Morgan fingerprint density at radius 3 is 2.44 bits per heavy atom. The summed E-state index contributed by atoms with van der Waals surface area (Å²) in [5, 5.41) is 0.495. The number of nitrogens with zero attached hydrogens (tertiary/aromatic N) is 2. The molecule has 0 fully saturated rings. The first kappa shape index (κ1) is 11.9. The maximum absolute atomic E-state index is 3.91. The molecule has 0 aromatic rings. The fourth-order valence-corrected chi connectivity index (χ4v) is 0.495. The molecule has 0 amide bonds. The van der Waals surface area contributed by atoms with Gasteiger partial charge in [-0.05, 0) is 24.5 Å². The van der Waals surface area contributed by atoms with Gasteiger partial charge in [0.1, 0.15) is 6.21 Å². The molecule has 0 rings (SSSR count). The minimum atomic E-state index is 0. The van der Waals surface area contributed by atoms with Crippen LogP contribution >= 0.6 is 12.6 Å². The van der Waals surface area contributed by atoms with Crippen LogP contribution in [-0.4, -0.2) is 17.6 Å². The summed E-state index contributed by atoms with van der Waals surface area (Å²) >= 11 is 3.91. The lowest BCUT2D eigenvalue weighted by molar-refractivity contribution is -0.00000185. The molecule has 0 aliphatic carbocycles. The van der Waals surface area contributed by atoms with Crippen molar-refractivity contribution in [1.29, 1.82) is 0 Å². The second-order valence-corrected chi connectivity index (χ2v) is 1.47. The zero-order valence-electron chi connectivity index (χ0n) is 5.37. The number of hydrogen-bond acceptors (Lipinski definition) is 0. The molecular weight excluding hydrogens is 247 g/mol. The van der Waals surface area contributed by atoms with Crippen LogP contribution in [-0.2, 0) is 0 Å². The first-order chi connectivity index (χ1) is 3.81. The van der Waals surface area contributed by atoms with Crippen LogP contribution in [0.2, 0.25) is 0 Å². The van der Waals surface area contributed by atoms with Crippen molar-refractivity contribution in [3.05, 3.63) is 0 Å². The molecule has 2 nitrogen and oxygen atoms in total. The van der Waals surface area contributed by atoms with Crippen molar-refractivity contribution in [2.45, 2.75) is 13.8 Å². The number of amidine groups is 1. The molecule has 0 atom stereocenters. The van der Waals surface area contributed by atoms with E-state index in [-0.39, 0.29) is 24.0 Å². The van der Waals surface area contributed by atoms with Crippen molar-refractivity contribution in [1.82, 2.24) is 4.67 Å². The highest BCUT2D eigenvalue weighted by Crippen LogP contribution is 1.74. The Bertz CT molecular complexity index is 147. The van der Waals surface area contributed by atoms with E-state index >= 15 is 0 Å². The second kappa shape index (κ2) is 8.20. The molecule has 9 heavy (non-hydrogen) atoms. The third-order valence-corrected chi connectivity index (χ3v) is 0.720. The van der Waals surface area contributed by atoms with Crippen molar-refractivity contribution in [3.63, 3.8) is 0 Å². The van der Waals surface area contributed by atoms with Crippen LogP contribution < -0.4 is 28.6 Å². The SMILES string of the molecule is CC=[N+]=C(S)/N=C/C.[I-]. The van der Waals surface area contributed by atoms with E-state index in [0.717, 1.165) is 0 Å².